The van der Waals surface area contributed by atoms with Crippen LogP contribution in [0.1, 0.15) is 25.0 Å². The van der Waals surface area contributed by atoms with E-state index in [-0.39, 0.29) is 12.5 Å². The number of rotatable bonds is 5. The van der Waals surface area contributed by atoms with E-state index in [9.17, 15) is 5.11 Å². The smallest absolute Gasteiger partial charge is 0.191 e. The highest BCUT2D eigenvalue weighted by molar-refractivity contribution is 5.78. The highest BCUT2D eigenvalue weighted by Crippen LogP contribution is 2.09. The monoisotopic (exact) mass is 276 g/mol. The highest BCUT2D eigenvalue weighted by atomic mass is 16.3. The average Bonchev–Trinajstić information content (AvgIpc) is 2.53. The summed E-state index contributed by atoms with van der Waals surface area (Å²) in [5, 5.41) is 9.46. The fraction of sp³-hybridized carbons (Fsp3) is 0.600. The van der Waals surface area contributed by atoms with Crippen molar-refractivity contribution in [1.82, 2.24) is 9.88 Å². The van der Waals surface area contributed by atoms with Gasteiger partial charge in [-0.15, -0.1) is 0 Å². The van der Waals surface area contributed by atoms with Crippen LogP contribution in [0.2, 0.25) is 0 Å². The molecule has 110 valence electrons. The molecule has 5 nitrogen and oxygen atoms in total. The molecule has 1 aromatic rings. The Morgan fingerprint density at radius 1 is 1.35 bits per heavy atom. The van der Waals surface area contributed by atoms with Gasteiger partial charge in [0.1, 0.15) is 0 Å². The molecule has 0 aliphatic carbocycles. The van der Waals surface area contributed by atoms with Gasteiger partial charge in [-0.3, -0.25) is 9.98 Å². The number of nitrogens with zero attached hydrogens (tertiary/aromatic N) is 3. The molecule has 0 bridgehead atoms. The Kier molecular flexibility index (Phi) is 5.80. The third-order valence-corrected chi connectivity index (χ3v) is 3.67. The number of hydrogen-bond donors (Lipinski definition) is 2. The van der Waals surface area contributed by atoms with Crippen LogP contribution in [0.4, 0.5) is 0 Å². The van der Waals surface area contributed by atoms with Gasteiger partial charge in [-0.25, -0.2) is 0 Å². The number of piperidine rings is 1. The third-order valence-electron chi connectivity index (χ3n) is 3.67. The average molecular weight is 276 g/mol. The molecule has 0 amide bonds. The second kappa shape index (κ2) is 7.85. The van der Waals surface area contributed by atoms with E-state index in [4.69, 9.17) is 5.73 Å². The van der Waals surface area contributed by atoms with Gasteiger partial charge in [0.15, 0.2) is 5.96 Å². The Bertz CT molecular complexity index is 415. The largest absolute Gasteiger partial charge is 0.396 e. The molecule has 1 aliphatic heterocycles. The van der Waals surface area contributed by atoms with Crippen molar-refractivity contribution in [2.24, 2.45) is 16.6 Å². The Morgan fingerprint density at radius 3 is 2.80 bits per heavy atom. The summed E-state index contributed by atoms with van der Waals surface area (Å²) in [4.78, 5) is 10.9. The lowest BCUT2D eigenvalue weighted by Gasteiger charge is -2.27. The summed E-state index contributed by atoms with van der Waals surface area (Å²) in [7, 11) is 0. The van der Waals surface area contributed by atoms with Gasteiger partial charge in [-0.1, -0.05) is 6.07 Å². The molecule has 1 saturated heterocycles. The van der Waals surface area contributed by atoms with Gasteiger partial charge in [-0.05, 0) is 37.8 Å². The van der Waals surface area contributed by atoms with Crippen LogP contribution in [0.5, 0.6) is 0 Å². The van der Waals surface area contributed by atoms with Crippen LogP contribution >= 0.6 is 0 Å². The second-order valence-corrected chi connectivity index (χ2v) is 5.32. The molecule has 20 heavy (non-hydrogen) atoms. The molecule has 1 fully saturated rings. The van der Waals surface area contributed by atoms with Crippen LogP contribution in [0.3, 0.4) is 0 Å². The zero-order chi connectivity index (χ0) is 14.2. The van der Waals surface area contributed by atoms with E-state index in [2.05, 4.69) is 14.9 Å². The van der Waals surface area contributed by atoms with E-state index in [0.717, 1.165) is 25.2 Å². The maximum absolute atomic E-state index is 9.46. The molecule has 1 atom stereocenters. The van der Waals surface area contributed by atoms with Crippen molar-refractivity contribution in [3.05, 3.63) is 30.1 Å². The molecular formula is C15H24N4O. The number of aromatic nitrogens is 1. The standard InChI is InChI=1S/C15H24N4O/c16-15(19-8-4-1-5-9-19)18-11-13(12-20)10-14-6-2-3-7-17-14/h2-3,6-7,13,20H,1,4-5,8-12H2,(H2,16,18). The van der Waals surface area contributed by atoms with Crippen LogP contribution in [-0.2, 0) is 6.42 Å². The molecule has 1 aromatic heterocycles. The molecule has 0 radical (unpaired) electrons. The Balaban J connectivity index is 1.86. The van der Waals surface area contributed by atoms with Crippen molar-refractivity contribution < 1.29 is 5.11 Å². The Morgan fingerprint density at radius 2 is 2.15 bits per heavy atom. The fourth-order valence-electron chi connectivity index (χ4n) is 2.45. The number of aliphatic hydroxyl groups is 1. The summed E-state index contributed by atoms with van der Waals surface area (Å²) in [6.45, 7) is 2.65. The van der Waals surface area contributed by atoms with Gasteiger partial charge >= 0.3 is 0 Å². The van der Waals surface area contributed by atoms with Crippen molar-refractivity contribution in [2.75, 3.05) is 26.2 Å². The molecule has 3 N–H and O–H groups in total. The summed E-state index contributed by atoms with van der Waals surface area (Å²) in [5.74, 6) is 0.692. The molecule has 0 spiro atoms. The normalized spacial score (nSPS) is 18.1. The predicted molar refractivity (Wildman–Crippen MR) is 80.4 cm³/mol. The van der Waals surface area contributed by atoms with Crippen LogP contribution in [0, 0.1) is 5.92 Å². The number of likely N-dealkylation sites (tertiary alicyclic amines) is 1. The predicted octanol–water partition coefficient (Wildman–Crippen LogP) is 1.03. The molecule has 2 rings (SSSR count). The van der Waals surface area contributed by atoms with Gasteiger partial charge in [0.05, 0.1) is 0 Å². The minimum Gasteiger partial charge on any atom is -0.396 e. The number of aliphatic hydroxyl groups excluding tert-OH is 1. The van der Waals surface area contributed by atoms with Crippen molar-refractivity contribution in [3.8, 4) is 0 Å². The van der Waals surface area contributed by atoms with E-state index in [0.29, 0.717) is 12.5 Å². The minimum atomic E-state index is 0.0771. The van der Waals surface area contributed by atoms with Crippen molar-refractivity contribution in [3.63, 3.8) is 0 Å². The number of pyridine rings is 1. The van der Waals surface area contributed by atoms with Crippen LogP contribution < -0.4 is 5.73 Å². The lowest BCUT2D eigenvalue weighted by atomic mass is 10.0. The molecule has 5 heteroatoms. The second-order valence-electron chi connectivity index (χ2n) is 5.32. The Labute approximate surface area is 120 Å². The molecule has 0 aromatic carbocycles. The minimum absolute atomic E-state index is 0.0771. The number of aliphatic imine (C=N–C) groups is 1. The van der Waals surface area contributed by atoms with E-state index >= 15 is 0 Å². The molecule has 0 saturated carbocycles. The zero-order valence-electron chi connectivity index (χ0n) is 11.9. The summed E-state index contributed by atoms with van der Waals surface area (Å²) < 4.78 is 0. The van der Waals surface area contributed by atoms with Gasteiger partial charge in [0.2, 0.25) is 0 Å². The summed E-state index contributed by atoms with van der Waals surface area (Å²) in [6, 6.07) is 5.83. The van der Waals surface area contributed by atoms with E-state index in [1.807, 2.05) is 18.2 Å². The van der Waals surface area contributed by atoms with Crippen LogP contribution in [0.25, 0.3) is 0 Å². The summed E-state index contributed by atoms with van der Waals surface area (Å²) in [5.41, 5.74) is 7.01. The van der Waals surface area contributed by atoms with Crippen LogP contribution in [0.15, 0.2) is 29.4 Å². The van der Waals surface area contributed by atoms with Crippen molar-refractivity contribution >= 4 is 5.96 Å². The number of hydrogen-bond acceptors (Lipinski definition) is 3. The lowest BCUT2D eigenvalue weighted by Crippen LogP contribution is -2.41. The van der Waals surface area contributed by atoms with Gasteiger partial charge in [0.25, 0.3) is 0 Å². The maximum atomic E-state index is 9.46. The first-order valence-corrected chi connectivity index (χ1v) is 7.35. The first kappa shape index (κ1) is 14.8. The van der Waals surface area contributed by atoms with E-state index < -0.39 is 0 Å². The first-order chi connectivity index (χ1) is 9.79. The van der Waals surface area contributed by atoms with Crippen LogP contribution in [-0.4, -0.2) is 47.2 Å². The fourth-order valence-corrected chi connectivity index (χ4v) is 2.45. The molecule has 2 heterocycles. The Hall–Kier alpha value is -1.62. The summed E-state index contributed by atoms with van der Waals surface area (Å²) >= 11 is 0. The number of nitrogens with two attached hydrogens (primary N) is 1. The molecular weight excluding hydrogens is 252 g/mol. The van der Waals surface area contributed by atoms with Gasteiger partial charge in [-0.2, -0.15) is 0 Å². The molecule has 1 aliphatic rings. The van der Waals surface area contributed by atoms with Crippen molar-refractivity contribution in [2.45, 2.75) is 25.7 Å². The summed E-state index contributed by atoms with van der Waals surface area (Å²) in [6.07, 6.45) is 6.16. The topological polar surface area (TPSA) is 74.7 Å². The lowest BCUT2D eigenvalue weighted by molar-refractivity contribution is 0.228. The van der Waals surface area contributed by atoms with E-state index in [1.165, 1.54) is 19.3 Å². The zero-order valence-corrected chi connectivity index (χ0v) is 11.9. The maximum Gasteiger partial charge on any atom is 0.191 e. The molecule has 1 unspecified atom stereocenters. The highest BCUT2D eigenvalue weighted by Gasteiger charge is 2.13. The first-order valence-electron chi connectivity index (χ1n) is 7.35. The third kappa shape index (κ3) is 4.49. The SMILES string of the molecule is NC(=NCC(CO)Cc1ccccn1)N1CCCCC1. The van der Waals surface area contributed by atoms with E-state index in [1.54, 1.807) is 6.20 Å². The van der Waals surface area contributed by atoms with Crippen molar-refractivity contribution in [1.29, 1.82) is 0 Å². The van der Waals surface area contributed by atoms with Gasteiger partial charge in [0, 0.05) is 44.0 Å². The van der Waals surface area contributed by atoms with Gasteiger partial charge < -0.3 is 15.7 Å². The number of guanidine groups is 1. The quantitative estimate of drug-likeness (QED) is 0.622.